The lowest BCUT2D eigenvalue weighted by Gasteiger charge is -2.17. The second kappa shape index (κ2) is 9.28. The minimum Gasteiger partial charge on any atom is -0.355 e. The number of hydrogen-bond acceptors (Lipinski definition) is 3. The van der Waals surface area contributed by atoms with Crippen LogP contribution in [-0.4, -0.2) is 21.5 Å². The maximum atomic E-state index is 13.9. The van der Waals surface area contributed by atoms with Crippen molar-refractivity contribution in [2.75, 3.05) is 6.54 Å². The van der Waals surface area contributed by atoms with Crippen LogP contribution in [0.1, 0.15) is 31.5 Å². The zero-order chi connectivity index (χ0) is 24.6. The number of aromatic amines is 1. The van der Waals surface area contributed by atoms with Crippen LogP contribution < -0.4 is 5.32 Å². The Bertz CT molecular complexity index is 1510. The van der Waals surface area contributed by atoms with Gasteiger partial charge in [-0.3, -0.25) is 4.98 Å². The Morgan fingerprint density at radius 3 is 2.11 bits per heavy atom. The zero-order valence-electron chi connectivity index (χ0n) is 19.9. The predicted octanol–water partition coefficient (Wildman–Crippen LogP) is 7.30. The molecule has 1 atom stereocenters. The number of aromatic nitrogens is 3. The highest BCUT2D eigenvalue weighted by atomic mass is 19.1. The van der Waals surface area contributed by atoms with Gasteiger partial charge in [0.1, 0.15) is 11.6 Å². The van der Waals surface area contributed by atoms with E-state index in [0.717, 1.165) is 62.7 Å². The second-order valence-electron chi connectivity index (χ2n) is 9.52. The van der Waals surface area contributed by atoms with E-state index in [1.165, 1.54) is 37.1 Å². The topological polar surface area (TPSA) is 53.6 Å². The zero-order valence-corrected chi connectivity index (χ0v) is 19.9. The summed E-state index contributed by atoms with van der Waals surface area (Å²) in [5.74, 6) is 0.176. The molecule has 6 heteroatoms. The van der Waals surface area contributed by atoms with E-state index in [1.807, 2.05) is 12.1 Å². The lowest BCUT2D eigenvalue weighted by atomic mass is 9.90. The molecule has 3 heterocycles. The average Bonchev–Trinajstić information content (AvgIpc) is 3.64. The highest BCUT2D eigenvalue weighted by Gasteiger charge is 2.24. The molecule has 0 amide bonds. The van der Waals surface area contributed by atoms with Crippen LogP contribution >= 0.6 is 0 Å². The third kappa shape index (κ3) is 4.40. The summed E-state index contributed by atoms with van der Waals surface area (Å²) in [6, 6.07) is 19.0. The number of nitrogens with zero attached hydrogens (tertiary/aromatic N) is 2. The molecule has 1 saturated carbocycles. The molecule has 1 unspecified atom stereocenters. The van der Waals surface area contributed by atoms with Gasteiger partial charge in [0.2, 0.25) is 0 Å². The largest absolute Gasteiger partial charge is 0.355 e. The first-order valence-electron chi connectivity index (χ1n) is 12.3. The van der Waals surface area contributed by atoms with Crippen LogP contribution in [0.4, 0.5) is 8.78 Å². The van der Waals surface area contributed by atoms with Crippen LogP contribution in [0.15, 0.2) is 79.1 Å². The van der Waals surface area contributed by atoms with Gasteiger partial charge in [-0.15, -0.1) is 0 Å². The smallest absolute Gasteiger partial charge is 0.123 e. The predicted molar refractivity (Wildman–Crippen MR) is 139 cm³/mol. The summed E-state index contributed by atoms with van der Waals surface area (Å²) in [4.78, 5) is 12.9. The molecule has 1 aliphatic carbocycles. The standard InChI is InChI=1S/C30H26F2N4/c1-18(34-17-19-2-3-19)25-16-26-30(35-25)28(20-4-8-23(31)9-5-20)27(21-12-14-33-15-13-21)29(36-26)22-6-10-24(32)11-7-22/h4-16,18-19,34-35H,2-3,17H2,1H3. The van der Waals surface area contributed by atoms with Crippen LogP contribution in [0.25, 0.3) is 44.5 Å². The molecule has 0 aliphatic heterocycles. The van der Waals surface area contributed by atoms with Gasteiger partial charge in [0.25, 0.3) is 0 Å². The summed E-state index contributed by atoms with van der Waals surface area (Å²) in [6.45, 7) is 3.15. The molecule has 36 heavy (non-hydrogen) atoms. The van der Waals surface area contributed by atoms with Crippen molar-refractivity contribution in [3.63, 3.8) is 0 Å². The number of pyridine rings is 2. The molecule has 0 radical (unpaired) electrons. The Hall–Kier alpha value is -3.90. The Balaban J connectivity index is 1.62. The maximum Gasteiger partial charge on any atom is 0.123 e. The van der Waals surface area contributed by atoms with Crippen molar-refractivity contribution in [2.24, 2.45) is 5.92 Å². The summed E-state index contributed by atoms with van der Waals surface area (Å²) < 4.78 is 27.7. The third-order valence-electron chi connectivity index (χ3n) is 6.88. The fourth-order valence-electron chi connectivity index (χ4n) is 4.69. The Labute approximate surface area is 208 Å². The Morgan fingerprint density at radius 1 is 0.861 bits per heavy atom. The molecule has 6 rings (SSSR count). The van der Waals surface area contributed by atoms with Crippen LogP contribution in [0, 0.1) is 17.6 Å². The monoisotopic (exact) mass is 480 g/mol. The highest BCUT2D eigenvalue weighted by Crippen LogP contribution is 2.43. The molecule has 2 aromatic carbocycles. The molecule has 1 aliphatic rings. The number of rotatable bonds is 7. The van der Waals surface area contributed by atoms with E-state index in [1.54, 1.807) is 36.7 Å². The molecule has 3 aromatic heterocycles. The van der Waals surface area contributed by atoms with Crippen LogP contribution in [0.2, 0.25) is 0 Å². The van der Waals surface area contributed by atoms with E-state index in [2.05, 4.69) is 28.3 Å². The molecular weight excluding hydrogens is 454 g/mol. The van der Waals surface area contributed by atoms with Crippen LogP contribution in [0.5, 0.6) is 0 Å². The number of halogens is 2. The Morgan fingerprint density at radius 2 is 1.47 bits per heavy atom. The first-order valence-corrected chi connectivity index (χ1v) is 12.3. The third-order valence-corrected chi connectivity index (χ3v) is 6.88. The number of benzene rings is 2. The summed E-state index contributed by atoms with van der Waals surface area (Å²) >= 11 is 0. The fraction of sp³-hybridized carbons (Fsp3) is 0.200. The summed E-state index contributed by atoms with van der Waals surface area (Å²) in [7, 11) is 0. The van der Waals surface area contributed by atoms with Crippen molar-refractivity contribution in [1.29, 1.82) is 0 Å². The molecule has 180 valence electrons. The lowest BCUT2D eigenvalue weighted by Crippen LogP contribution is -2.21. The normalized spacial score (nSPS) is 14.3. The first kappa shape index (κ1) is 22.6. The molecule has 0 bridgehead atoms. The molecule has 5 aromatic rings. The van der Waals surface area contributed by atoms with Crippen molar-refractivity contribution in [2.45, 2.75) is 25.8 Å². The fourth-order valence-corrected chi connectivity index (χ4v) is 4.69. The van der Waals surface area contributed by atoms with Gasteiger partial charge in [-0.2, -0.15) is 0 Å². The average molecular weight is 481 g/mol. The van der Waals surface area contributed by atoms with E-state index in [0.29, 0.717) is 0 Å². The van der Waals surface area contributed by atoms with Crippen molar-refractivity contribution in [3.05, 3.63) is 96.5 Å². The second-order valence-corrected chi connectivity index (χ2v) is 9.52. The van der Waals surface area contributed by atoms with E-state index in [4.69, 9.17) is 4.98 Å². The SMILES string of the molecule is CC(NCC1CC1)c1cc2nc(-c3ccc(F)cc3)c(-c3ccncc3)c(-c3ccc(F)cc3)c2[nH]1. The molecule has 2 N–H and O–H groups in total. The number of hydrogen-bond donors (Lipinski definition) is 2. The number of H-pyrrole nitrogens is 1. The molecule has 0 saturated heterocycles. The summed E-state index contributed by atoms with van der Waals surface area (Å²) in [6.07, 6.45) is 6.07. The van der Waals surface area contributed by atoms with Crippen molar-refractivity contribution in [1.82, 2.24) is 20.3 Å². The number of fused-ring (bicyclic) bond motifs is 1. The molecule has 1 fully saturated rings. The van der Waals surface area contributed by atoms with Crippen molar-refractivity contribution < 1.29 is 8.78 Å². The van der Waals surface area contributed by atoms with Gasteiger partial charge in [0.05, 0.1) is 16.7 Å². The van der Waals surface area contributed by atoms with Gasteiger partial charge >= 0.3 is 0 Å². The van der Waals surface area contributed by atoms with E-state index >= 15 is 0 Å². The van der Waals surface area contributed by atoms with Gasteiger partial charge < -0.3 is 10.3 Å². The minimum atomic E-state index is -0.302. The highest BCUT2D eigenvalue weighted by molar-refractivity contribution is 6.05. The van der Waals surface area contributed by atoms with Gasteiger partial charge in [-0.1, -0.05) is 12.1 Å². The van der Waals surface area contributed by atoms with Gasteiger partial charge in [0.15, 0.2) is 0 Å². The van der Waals surface area contributed by atoms with Gasteiger partial charge in [0, 0.05) is 40.8 Å². The van der Waals surface area contributed by atoms with Crippen LogP contribution in [-0.2, 0) is 0 Å². The van der Waals surface area contributed by atoms with Crippen molar-refractivity contribution in [3.8, 4) is 33.5 Å². The first-order chi connectivity index (χ1) is 17.6. The number of nitrogens with one attached hydrogen (secondary N) is 2. The lowest BCUT2D eigenvalue weighted by molar-refractivity contribution is 0.541. The quantitative estimate of drug-likeness (QED) is 0.257. The van der Waals surface area contributed by atoms with Crippen LogP contribution in [0.3, 0.4) is 0 Å². The summed E-state index contributed by atoms with van der Waals surface area (Å²) in [5, 5.41) is 3.63. The molecule has 0 spiro atoms. The molecule has 4 nitrogen and oxygen atoms in total. The van der Waals surface area contributed by atoms with E-state index in [9.17, 15) is 8.78 Å². The van der Waals surface area contributed by atoms with E-state index < -0.39 is 0 Å². The van der Waals surface area contributed by atoms with Crippen molar-refractivity contribution >= 4 is 11.0 Å². The minimum absolute atomic E-state index is 0.125. The Kier molecular flexibility index (Phi) is 5.82. The van der Waals surface area contributed by atoms with Gasteiger partial charge in [-0.25, -0.2) is 13.8 Å². The molecular formula is C30H26F2N4. The maximum absolute atomic E-state index is 13.9. The summed E-state index contributed by atoms with van der Waals surface area (Å²) in [5.41, 5.74) is 7.86. The van der Waals surface area contributed by atoms with E-state index in [-0.39, 0.29) is 17.7 Å². The van der Waals surface area contributed by atoms with Gasteiger partial charge in [-0.05, 0) is 98.0 Å².